The summed E-state index contributed by atoms with van der Waals surface area (Å²) >= 11 is 1.62. The smallest absolute Gasteiger partial charge is 0.104 e. The highest BCUT2D eigenvalue weighted by Gasteiger charge is 2.38. The second-order valence-electron chi connectivity index (χ2n) is 5.29. The van der Waals surface area contributed by atoms with Gasteiger partial charge in [0.2, 0.25) is 0 Å². The molecule has 0 aliphatic carbocycles. The molecule has 1 atom stereocenters. The van der Waals surface area contributed by atoms with Gasteiger partial charge in [-0.15, -0.1) is 11.3 Å². The van der Waals surface area contributed by atoms with Crippen molar-refractivity contribution in [1.29, 1.82) is 0 Å². The summed E-state index contributed by atoms with van der Waals surface area (Å²) in [5.41, 5.74) is 4.48. The molecule has 2 aromatic rings. The molecule has 4 heteroatoms. The lowest BCUT2D eigenvalue weighted by Crippen LogP contribution is -2.31. The van der Waals surface area contributed by atoms with Gasteiger partial charge in [0, 0.05) is 25.0 Å². The number of β-amino-alcohol motifs (C(OH)–C–C–N with tert-alkyl or cyclic N) is 1. The van der Waals surface area contributed by atoms with Gasteiger partial charge in [0.05, 0.1) is 11.2 Å². The second-order valence-corrected chi connectivity index (χ2v) is 6.01. The van der Waals surface area contributed by atoms with Crippen LogP contribution in [0, 0.1) is 6.92 Å². The van der Waals surface area contributed by atoms with E-state index in [0.717, 1.165) is 30.8 Å². The minimum absolute atomic E-state index is 0.690. The quantitative estimate of drug-likeness (QED) is 0.934. The van der Waals surface area contributed by atoms with E-state index >= 15 is 0 Å². The SMILES string of the molecule is Cc1ccccc1[C@]1(O)CCN(Cc2cscn2)C1. The van der Waals surface area contributed by atoms with Crippen LogP contribution >= 0.6 is 11.3 Å². The minimum Gasteiger partial charge on any atom is -0.384 e. The van der Waals surface area contributed by atoms with Gasteiger partial charge >= 0.3 is 0 Å². The van der Waals surface area contributed by atoms with Gasteiger partial charge in [-0.25, -0.2) is 4.98 Å². The van der Waals surface area contributed by atoms with Crippen LogP contribution in [-0.4, -0.2) is 28.1 Å². The van der Waals surface area contributed by atoms with Crippen LogP contribution in [0.25, 0.3) is 0 Å². The maximum atomic E-state index is 10.9. The molecular weight excluding hydrogens is 256 g/mol. The molecule has 1 aromatic heterocycles. The van der Waals surface area contributed by atoms with E-state index in [1.54, 1.807) is 11.3 Å². The fraction of sp³-hybridized carbons (Fsp3) is 0.400. The molecule has 0 bridgehead atoms. The van der Waals surface area contributed by atoms with Gasteiger partial charge in [-0.05, 0) is 24.5 Å². The molecule has 1 aliphatic rings. The molecular formula is C15H18N2OS. The van der Waals surface area contributed by atoms with Crippen LogP contribution in [0.4, 0.5) is 0 Å². The molecule has 1 fully saturated rings. The van der Waals surface area contributed by atoms with E-state index in [2.05, 4.69) is 28.3 Å². The highest BCUT2D eigenvalue weighted by atomic mass is 32.1. The monoisotopic (exact) mass is 274 g/mol. The molecule has 1 saturated heterocycles. The Morgan fingerprint density at radius 3 is 3.00 bits per heavy atom. The summed E-state index contributed by atoms with van der Waals surface area (Å²) in [7, 11) is 0. The molecule has 3 rings (SSSR count). The summed E-state index contributed by atoms with van der Waals surface area (Å²) in [4.78, 5) is 6.59. The first-order valence-electron chi connectivity index (χ1n) is 6.55. The van der Waals surface area contributed by atoms with Crippen LogP contribution < -0.4 is 0 Å². The Morgan fingerprint density at radius 2 is 2.26 bits per heavy atom. The summed E-state index contributed by atoms with van der Waals surface area (Å²) in [6.45, 7) is 4.51. The Balaban J connectivity index is 1.75. The number of benzene rings is 1. The Morgan fingerprint density at radius 1 is 1.42 bits per heavy atom. The fourth-order valence-electron chi connectivity index (χ4n) is 2.87. The molecule has 100 valence electrons. The first-order valence-corrected chi connectivity index (χ1v) is 7.49. The number of aromatic nitrogens is 1. The number of aryl methyl sites for hydroxylation is 1. The standard InChI is InChI=1S/C15H18N2OS/c1-12-4-2-3-5-14(12)15(18)6-7-17(10-15)8-13-9-19-11-16-13/h2-5,9,11,18H,6-8,10H2,1H3/t15-/m0/s1. The van der Waals surface area contributed by atoms with E-state index in [1.165, 1.54) is 5.56 Å². The van der Waals surface area contributed by atoms with E-state index in [0.29, 0.717) is 6.54 Å². The molecule has 0 unspecified atom stereocenters. The van der Waals surface area contributed by atoms with E-state index < -0.39 is 5.60 Å². The molecule has 0 radical (unpaired) electrons. The van der Waals surface area contributed by atoms with Crippen molar-refractivity contribution >= 4 is 11.3 Å². The summed E-state index contributed by atoms with van der Waals surface area (Å²) in [6.07, 6.45) is 0.794. The van der Waals surface area contributed by atoms with Crippen LogP contribution in [0.1, 0.15) is 23.2 Å². The van der Waals surface area contributed by atoms with E-state index in [-0.39, 0.29) is 0 Å². The van der Waals surface area contributed by atoms with Crippen molar-refractivity contribution in [3.63, 3.8) is 0 Å². The molecule has 3 nitrogen and oxygen atoms in total. The highest BCUT2D eigenvalue weighted by molar-refractivity contribution is 7.07. The number of hydrogen-bond donors (Lipinski definition) is 1. The Bertz CT molecular complexity index is 555. The molecule has 0 saturated carbocycles. The average Bonchev–Trinajstić information content (AvgIpc) is 3.01. The Hall–Kier alpha value is -1.23. The third kappa shape index (κ3) is 2.56. The molecule has 1 aromatic carbocycles. The van der Waals surface area contributed by atoms with Crippen LogP contribution in [0.15, 0.2) is 35.2 Å². The van der Waals surface area contributed by atoms with E-state index in [1.807, 2.05) is 23.7 Å². The van der Waals surface area contributed by atoms with E-state index in [4.69, 9.17) is 0 Å². The zero-order valence-electron chi connectivity index (χ0n) is 11.0. The molecule has 1 aliphatic heterocycles. The average molecular weight is 274 g/mol. The van der Waals surface area contributed by atoms with Crippen molar-refractivity contribution in [3.05, 3.63) is 52.0 Å². The summed E-state index contributed by atoms with van der Waals surface area (Å²) in [6, 6.07) is 8.13. The molecule has 19 heavy (non-hydrogen) atoms. The second kappa shape index (κ2) is 5.04. The third-order valence-corrected chi connectivity index (χ3v) is 4.48. The molecule has 0 amide bonds. The lowest BCUT2D eigenvalue weighted by Gasteiger charge is -2.25. The van der Waals surface area contributed by atoms with Crippen LogP contribution in [0.5, 0.6) is 0 Å². The predicted molar refractivity (Wildman–Crippen MR) is 77.1 cm³/mol. The normalized spacial score (nSPS) is 23.9. The third-order valence-electron chi connectivity index (χ3n) is 3.84. The minimum atomic E-state index is -0.707. The van der Waals surface area contributed by atoms with Crippen molar-refractivity contribution in [2.45, 2.75) is 25.5 Å². The summed E-state index contributed by atoms with van der Waals surface area (Å²) in [5, 5.41) is 13.0. The number of rotatable bonds is 3. The van der Waals surface area contributed by atoms with Crippen molar-refractivity contribution in [2.24, 2.45) is 0 Å². The number of nitrogens with zero attached hydrogens (tertiary/aromatic N) is 2. The summed E-state index contributed by atoms with van der Waals surface area (Å²) in [5.74, 6) is 0. The van der Waals surface area contributed by atoms with Crippen LogP contribution in [0.2, 0.25) is 0 Å². The number of aliphatic hydroxyl groups is 1. The Kier molecular flexibility index (Phi) is 3.39. The molecule has 2 heterocycles. The Labute approximate surface area is 117 Å². The lowest BCUT2D eigenvalue weighted by atomic mass is 9.89. The van der Waals surface area contributed by atoms with Crippen molar-refractivity contribution < 1.29 is 5.11 Å². The largest absolute Gasteiger partial charge is 0.384 e. The maximum absolute atomic E-state index is 10.9. The van der Waals surface area contributed by atoms with Gasteiger partial charge in [0.25, 0.3) is 0 Å². The first kappa shape index (κ1) is 12.8. The highest BCUT2D eigenvalue weighted by Crippen LogP contribution is 2.34. The first-order chi connectivity index (χ1) is 9.17. The van der Waals surface area contributed by atoms with E-state index in [9.17, 15) is 5.11 Å². The number of likely N-dealkylation sites (tertiary alicyclic amines) is 1. The van der Waals surface area contributed by atoms with Gasteiger partial charge < -0.3 is 5.11 Å². The van der Waals surface area contributed by atoms with Gasteiger partial charge in [-0.2, -0.15) is 0 Å². The zero-order chi connectivity index (χ0) is 13.3. The van der Waals surface area contributed by atoms with Crippen molar-refractivity contribution in [2.75, 3.05) is 13.1 Å². The fourth-order valence-corrected chi connectivity index (χ4v) is 3.42. The van der Waals surface area contributed by atoms with Crippen LogP contribution in [-0.2, 0) is 12.1 Å². The number of thiazole rings is 1. The maximum Gasteiger partial charge on any atom is 0.104 e. The molecule has 1 N–H and O–H groups in total. The lowest BCUT2D eigenvalue weighted by molar-refractivity contribution is 0.0446. The van der Waals surface area contributed by atoms with Gasteiger partial charge in [0.15, 0.2) is 0 Å². The van der Waals surface area contributed by atoms with Gasteiger partial charge in [-0.3, -0.25) is 4.90 Å². The molecule has 0 spiro atoms. The van der Waals surface area contributed by atoms with Crippen LogP contribution in [0.3, 0.4) is 0 Å². The van der Waals surface area contributed by atoms with Gasteiger partial charge in [-0.1, -0.05) is 24.3 Å². The predicted octanol–water partition coefficient (Wildman–Crippen LogP) is 2.55. The van der Waals surface area contributed by atoms with Crippen molar-refractivity contribution in [1.82, 2.24) is 9.88 Å². The summed E-state index contributed by atoms with van der Waals surface area (Å²) < 4.78 is 0. The number of hydrogen-bond acceptors (Lipinski definition) is 4. The topological polar surface area (TPSA) is 36.4 Å². The van der Waals surface area contributed by atoms with Crippen molar-refractivity contribution in [3.8, 4) is 0 Å². The zero-order valence-corrected chi connectivity index (χ0v) is 11.9. The van der Waals surface area contributed by atoms with Gasteiger partial charge in [0.1, 0.15) is 5.60 Å².